The monoisotopic (exact) mass is 148 g/mol. The predicted molar refractivity (Wildman–Crippen MR) is 35.0 cm³/mol. The third kappa shape index (κ3) is 3.78. The molecule has 0 fully saturated rings. The molecule has 0 rings (SSSR count). The highest BCUT2D eigenvalue weighted by Crippen LogP contribution is 2.00. The zero-order valence-corrected chi connectivity index (χ0v) is 5.94. The summed E-state index contributed by atoms with van der Waals surface area (Å²) >= 11 is 0. The van der Waals surface area contributed by atoms with Gasteiger partial charge in [0.1, 0.15) is 5.76 Å². The molecule has 0 aliphatic rings. The average Bonchev–Trinajstić information content (AvgIpc) is 1.63. The number of hydrogen-bond acceptors (Lipinski definition) is 3. The molecule has 0 amide bonds. The molecule has 9 heavy (non-hydrogen) atoms. The highest BCUT2D eigenvalue weighted by Gasteiger charge is 2.02. The molecular weight excluding hydrogens is 140 g/mol. The Hall–Kier alpha value is -0.770. The van der Waals surface area contributed by atoms with E-state index in [-0.39, 0.29) is 5.76 Å². The summed E-state index contributed by atoms with van der Waals surface area (Å²) in [6, 6.07) is 0. The summed E-state index contributed by atoms with van der Waals surface area (Å²) in [5, 5.41) is 0.724. The van der Waals surface area contributed by atoms with Crippen molar-refractivity contribution in [3.63, 3.8) is 0 Å². The van der Waals surface area contributed by atoms with Crippen LogP contribution in [-0.2, 0) is 14.3 Å². The Bertz CT molecular complexity index is 212. The molecule has 4 heteroatoms. The van der Waals surface area contributed by atoms with Crippen LogP contribution < -0.4 is 0 Å². The molecule has 0 bridgehead atoms. The quantitative estimate of drug-likeness (QED) is 0.443. The highest BCUT2D eigenvalue weighted by atomic mass is 32.2. The van der Waals surface area contributed by atoms with E-state index in [4.69, 9.17) is 0 Å². The third-order valence-electron chi connectivity index (χ3n) is 0.463. The number of rotatable bonds is 3. The van der Waals surface area contributed by atoms with Crippen molar-refractivity contribution in [2.24, 2.45) is 0 Å². The second-order valence-corrected chi connectivity index (χ2v) is 2.93. The molecule has 0 aromatic carbocycles. The molecule has 0 heterocycles. The summed E-state index contributed by atoms with van der Waals surface area (Å²) in [5.41, 5.74) is 0. The Balaban J connectivity index is 4.23. The molecule has 0 aromatic rings. The zero-order valence-electron chi connectivity index (χ0n) is 5.12. The summed E-state index contributed by atoms with van der Waals surface area (Å²) in [4.78, 5) is 0. The van der Waals surface area contributed by atoms with Gasteiger partial charge in [0.15, 0.2) is 0 Å². The minimum atomic E-state index is -3.55. The van der Waals surface area contributed by atoms with E-state index in [2.05, 4.69) is 17.3 Å². The van der Waals surface area contributed by atoms with E-state index in [1.165, 1.54) is 6.92 Å². The fourth-order valence-corrected chi connectivity index (χ4v) is 0.697. The standard InChI is InChI=1S/C5H8O3S/c1-4-9(6,7)8-5(2)3/h4H,1-2H2,3H3. The van der Waals surface area contributed by atoms with Crippen LogP contribution in [0, 0.1) is 0 Å². The third-order valence-corrected chi connectivity index (χ3v) is 1.39. The van der Waals surface area contributed by atoms with Crippen LogP contribution in [-0.4, -0.2) is 8.42 Å². The minimum Gasteiger partial charge on any atom is -0.385 e. The van der Waals surface area contributed by atoms with Crippen molar-refractivity contribution in [1.82, 2.24) is 0 Å². The Morgan fingerprint density at radius 3 is 2.22 bits per heavy atom. The first-order valence-electron chi connectivity index (χ1n) is 2.20. The van der Waals surface area contributed by atoms with Gasteiger partial charge in [-0.25, -0.2) is 0 Å². The van der Waals surface area contributed by atoms with E-state index in [0.717, 1.165) is 5.41 Å². The fraction of sp³-hybridized carbons (Fsp3) is 0.200. The zero-order chi connectivity index (χ0) is 7.49. The van der Waals surface area contributed by atoms with Gasteiger partial charge in [-0.05, 0) is 6.92 Å². The second kappa shape index (κ2) is 2.68. The molecule has 0 aliphatic carbocycles. The first kappa shape index (κ1) is 8.23. The first-order chi connectivity index (χ1) is 3.98. The number of allylic oxidation sites excluding steroid dienone is 1. The molecule has 0 unspecified atom stereocenters. The van der Waals surface area contributed by atoms with Crippen LogP contribution in [0.15, 0.2) is 24.3 Å². The summed E-state index contributed by atoms with van der Waals surface area (Å²) in [7, 11) is -3.55. The Morgan fingerprint density at radius 1 is 1.67 bits per heavy atom. The van der Waals surface area contributed by atoms with Crippen molar-refractivity contribution >= 4 is 10.1 Å². The maximum Gasteiger partial charge on any atom is 0.331 e. The normalized spacial score (nSPS) is 10.3. The molecule has 52 valence electrons. The van der Waals surface area contributed by atoms with Gasteiger partial charge >= 0.3 is 10.1 Å². The van der Waals surface area contributed by atoms with Gasteiger partial charge in [0, 0.05) is 0 Å². The van der Waals surface area contributed by atoms with Gasteiger partial charge in [-0.2, -0.15) is 8.42 Å². The van der Waals surface area contributed by atoms with Gasteiger partial charge in [-0.3, -0.25) is 0 Å². The molecule has 0 N–H and O–H groups in total. The van der Waals surface area contributed by atoms with E-state index in [9.17, 15) is 8.42 Å². The largest absolute Gasteiger partial charge is 0.385 e. The topological polar surface area (TPSA) is 43.4 Å². The van der Waals surface area contributed by atoms with E-state index in [1.54, 1.807) is 0 Å². The lowest BCUT2D eigenvalue weighted by Crippen LogP contribution is -1.97. The maximum atomic E-state index is 10.4. The predicted octanol–water partition coefficient (Wildman–Crippen LogP) is 1.01. The average molecular weight is 148 g/mol. The summed E-state index contributed by atoms with van der Waals surface area (Å²) in [5.74, 6) is 0.134. The van der Waals surface area contributed by atoms with Gasteiger partial charge in [-0.1, -0.05) is 13.2 Å². The van der Waals surface area contributed by atoms with Crippen molar-refractivity contribution in [2.45, 2.75) is 6.92 Å². The number of hydrogen-bond donors (Lipinski definition) is 0. The van der Waals surface area contributed by atoms with E-state index < -0.39 is 10.1 Å². The lowest BCUT2D eigenvalue weighted by atomic mass is 10.7. The first-order valence-corrected chi connectivity index (χ1v) is 3.67. The molecule has 0 radical (unpaired) electrons. The summed E-state index contributed by atoms with van der Waals surface area (Å²) < 4.78 is 25.1. The SMILES string of the molecule is C=CS(=O)(=O)OC(=C)C. The van der Waals surface area contributed by atoms with Crippen molar-refractivity contribution < 1.29 is 12.6 Å². The van der Waals surface area contributed by atoms with Gasteiger partial charge in [0.2, 0.25) is 0 Å². The summed E-state index contributed by atoms with van der Waals surface area (Å²) in [6.07, 6.45) is 0. The van der Waals surface area contributed by atoms with Crippen LogP contribution in [0.2, 0.25) is 0 Å². The lowest BCUT2D eigenvalue weighted by molar-refractivity contribution is 0.419. The lowest BCUT2D eigenvalue weighted by Gasteiger charge is -1.98. The van der Waals surface area contributed by atoms with Crippen molar-refractivity contribution in [2.75, 3.05) is 0 Å². The summed E-state index contributed by atoms with van der Waals surface area (Å²) in [6.45, 7) is 7.72. The van der Waals surface area contributed by atoms with Crippen LogP contribution in [0.1, 0.15) is 6.92 Å². The van der Waals surface area contributed by atoms with Gasteiger partial charge in [0.05, 0.1) is 5.41 Å². The molecule has 0 saturated carbocycles. The highest BCUT2D eigenvalue weighted by molar-refractivity contribution is 7.89. The van der Waals surface area contributed by atoms with Crippen molar-refractivity contribution in [3.8, 4) is 0 Å². The molecular formula is C5H8O3S. The second-order valence-electron chi connectivity index (χ2n) is 1.44. The van der Waals surface area contributed by atoms with Crippen molar-refractivity contribution in [3.05, 3.63) is 24.3 Å². The van der Waals surface area contributed by atoms with Crippen LogP contribution in [0.25, 0.3) is 0 Å². The van der Waals surface area contributed by atoms with Crippen LogP contribution in [0.5, 0.6) is 0 Å². The smallest absolute Gasteiger partial charge is 0.331 e. The van der Waals surface area contributed by atoms with Crippen LogP contribution >= 0.6 is 0 Å². The van der Waals surface area contributed by atoms with Crippen LogP contribution in [0.3, 0.4) is 0 Å². The Kier molecular flexibility index (Phi) is 2.45. The molecule has 0 saturated heterocycles. The van der Waals surface area contributed by atoms with Gasteiger partial charge in [0.25, 0.3) is 0 Å². The molecule has 0 spiro atoms. The van der Waals surface area contributed by atoms with Crippen molar-refractivity contribution in [1.29, 1.82) is 0 Å². The van der Waals surface area contributed by atoms with Gasteiger partial charge < -0.3 is 4.18 Å². The van der Waals surface area contributed by atoms with E-state index in [0.29, 0.717) is 0 Å². The minimum absolute atomic E-state index is 0.134. The maximum absolute atomic E-state index is 10.4. The Labute approximate surface area is 54.8 Å². The van der Waals surface area contributed by atoms with Gasteiger partial charge in [-0.15, -0.1) is 0 Å². The van der Waals surface area contributed by atoms with E-state index in [1.807, 2.05) is 0 Å². The van der Waals surface area contributed by atoms with Crippen LogP contribution in [0.4, 0.5) is 0 Å². The molecule has 0 atom stereocenters. The molecule has 0 aliphatic heterocycles. The van der Waals surface area contributed by atoms with E-state index >= 15 is 0 Å². The fourth-order valence-electron chi connectivity index (χ4n) is 0.232. The molecule has 0 aromatic heterocycles. The molecule has 3 nitrogen and oxygen atoms in total. The Morgan fingerprint density at radius 2 is 2.11 bits per heavy atom.